The Kier molecular flexibility index (Phi) is 7.43. The first kappa shape index (κ1) is 29.2. The van der Waals surface area contributed by atoms with Crippen molar-refractivity contribution >= 4 is 51.3 Å². The number of para-hydroxylation sites is 6. The van der Waals surface area contributed by atoms with Crippen LogP contribution in [-0.2, 0) is 21.1 Å². The van der Waals surface area contributed by atoms with E-state index in [0.717, 1.165) is 27.9 Å². The second-order valence-electron chi connectivity index (χ2n) is 11.9. The third kappa shape index (κ3) is 4.72. The number of nitrogens with zero attached hydrogens (tertiary/aromatic N) is 3. The average Bonchev–Trinajstić information content (AvgIpc) is 3.62. The molecule has 0 saturated carbocycles. The van der Waals surface area contributed by atoms with Crippen molar-refractivity contribution in [2.24, 2.45) is 0 Å². The van der Waals surface area contributed by atoms with Gasteiger partial charge in [0.25, 0.3) is 6.33 Å². The zero-order valence-electron chi connectivity index (χ0n) is 25.3. The quantitative estimate of drug-likeness (QED) is 0.0993. The summed E-state index contributed by atoms with van der Waals surface area (Å²) in [6.45, 7) is 6.99. The number of imidazole rings is 1. The summed E-state index contributed by atoms with van der Waals surface area (Å²) in [5, 5.41) is 5.61. The minimum Gasteiger partial charge on any atom is -0.358 e. The normalized spacial score (nSPS) is 12.8. The van der Waals surface area contributed by atoms with Crippen molar-refractivity contribution < 1.29 is 25.6 Å². The van der Waals surface area contributed by atoms with E-state index in [-0.39, 0.29) is 21.1 Å². The van der Waals surface area contributed by atoms with Crippen LogP contribution >= 0.6 is 0 Å². The molecule has 0 amide bonds. The van der Waals surface area contributed by atoms with Crippen molar-refractivity contribution in [2.75, 3.05) is 0 Å². The van der Waals surface area contributed by atoms with Gasteiger partial charge in [-0.05, 0) is 35.3 Å². The number of aromatic nitrogens is 3. The molecule has 218 valence electrons. The Labute approximate surface area is 279 Å². The molecule has 0 N–H and O–H groups in total. The predicted molar refractivity (Wildman–Crippen MR) is 182 cm³/mol. The fourth-order valence-corrected chi connectivity index (χ4v) is 9.51. The zero-order valence-corrected chi connectivity index (χ0v) is 28.6. The van der Waals surface area contributed by atoms with Gasteiger partial charge in [0.1, 0.15) is 0 Å². The third-order valence-electron chi connectivity index (χ3n) is 8.80. The number of aryl methyl sites for hydroxylation is 1. The van der Waals surface area contributed by atoms with Gasteiger partial charge >= 0.3 is 21.1 Å². The minimum absolute atomic E-state index is 0. The van der Waals surface area contributed by atoms with Crippen LogP contribution < -0.4 is 14.9 Å². The molecule has 3 heterocycles. The van der Waals surface area contributed by atoms with Gasteiger partial charge in [-0.25, -0.2) is 0 Å². The molecule has 3 nitrogen and oxygen atoms in total. The predicted octanol–water partition coefficient (Wildman–Crippen LogP) is 7.33. The van der Waals surface area contributed by atoms with Crippen LogP contribution in [-0.4, -0.2) is 17.2 Å². The number of hydrogen-bond acceptors (Lipinski definition) is 0. The molecule has 1 aliphatic heterocycles. The van der Waals surface area contributed by atoms with Gasteiger partial charge in [-0.2, -0.15) is 78.9 Å². The molecule has 0 radical (unpaired) electrons. The Hall–Kier alpha value is -4.50. The summed E-state index contributed by atoms with van der Waals surface area (Å²) in [5.74, 6) is 0. The second kappa shape index (κ2) is 11.4. The molecule has 0 aliphatic carbocycles. The van der Waals surface area contributed by atoms with Crippen molar-refractivity contribution in [3.8, 4) is 17.1 Å². The molecule has 0 unspecified atom stereocenters. The molecule has 9 rings (SSSR count). The van der Waals surface area contributed by atoms with Crippen LogP contribution in [0.25, 0.3) is 49.9 Å². The van der Waals surface area contributed by atoms with Gasteiger partial charge in [0.2, 0.25) is 0 Å². The summed E-state index contributed by atoms with van der Waals surface area (Å²) in [6, 6.07) is 54.5. The Morgan fingerprint density at radius 3 is 2.18 bits per heavy atom. The smallest absolute Gasteiger partial charge is 0.358 e. The van der Waals surface area contributed by atoms with Gasteiger partial charge in [-0.15, -0.1) is 10.6 Å². The van der Waals surface area contributed by atoms with E-state index in [4.69, 9.17) is 0 Å². The molecule has 0 saturated heterocycles. The summed E-state index contributed by atoms with van der Waals surface area (Å²) in [4.78, 5) is 0. The van der Waals surface area contributed by atoms with E-state index in [0.29, 0.717) is 0 Å². The van der Waals surface area contributed by atoms with Gasteiger partial charge < -0.3 is 9.13 Å². The first-order chi connectivity index (χ1) is 21.5. The second-order valence-corrected chi connectivity index (χ2v) is 16.2. The first-order valence-corrected chi connectivity index (χ1v) is 18.0. The van der Waals surface area contributed by atoms with Crippen molar-refractivity contribution in [1.82, 2.24) is 9.13 Å². The van der Waals surface area contributed by atoms with Crippen LogP contribution in [0.15, 0.2) is 127 Å². The largest absolute Gasteiger partial charge is 4.00 e. The van der Waals surface area contributed by atoms with E-state index in [1.165, 1.54) is 37.9 Å². The molecular formula is C40H30N3PtSi+. The SMILES string of the molecule is C[Si]1(C)c2ccc[c-]c2-n2c3[c-]cccc3c3cccc1c32.Cc1ccc(-[n+]2[c-]n(-c3[c-]cccc3)c3ccccc32)cc1.[Pt+4]. The maximum absolute atomic E-state index is 3.50. The molecule has 5 heteroatoms. The maximum Gasteiger partial charge on any atom is 4.00 e. The van der Waals surface area contributed by atoms with Crippen molar-refractivity contribution in [3.05, 3.63) is 157 Å². The van der Waals surface area contributed by atoms with Gasteiger partial charge in [0, 0.05) is 5.52 Å². The molecule has 0 bridgehead atoms. The van der Waals surface area contributed by atoms with Crippen molar-refractivity contribution in [1.29, 1.82) is 0 Å². The summed E-state index contributed by atoms with van der Waals surface area (Å²) in [7, 11) is -1.69. The Bertz CT molecular complexity index is 2310. The molecular weight excluding hydrogens is 746 g/mol. The molecule has 6 aromatic carbocycles. The molecule has 8 aromatic rings. The summed E-state index contributed by atoms with van der Waals surface area (Å²) >= 11 is 0. The third-order valence-corrected chi connectivity index (χ3v) is 12.3. The monoisotopic (exact) mass is 775 g/mol. The minimum atomic E-state index is -1.69. The van der Waals surface area contributed by atoms with Gasteiger partial charge in [0.05, 0.1) is 24.8 Å². The molecule has 0 spiro atoms. The van der Waals surface area contributed by atoms with E-state index in [9.17, 15) is 0 Å². The first-order valence-electron chi connectivity index (χ1n) is 15.0. The van der Waals surface area contributed by atoms with E-state index in [1.807, 2.05) is 36.4 Å². The van der Waals surface area contributed by atoms with Crippen LogP contribution in [0.5, 0.6) is 0 Å². The Morgan fingerprint density at radius 2 is 1.36 bits per heavy atom. The van der Waals surface area contributed by atoms with Crippen LogP contribution in [0.2, 0.25) is 13.1 Å². The van der Waals surface area contributed by atoms with Gasteiger partial charge in [0.15, 0.2) is 0 Å². The van der Waals surface area contributed by atoms with Crippen LogP contribution in [0.4, 0.5) is 0 Å². The number of rotatable bonds is 2. The molecule has 0 fully saturated rings. The number of fused-ring (bicyclic) bond motifs is 6. The van der Waals surface area contributed by atoms with E-state index < -0.39 is 8.07 Å². The molecule has 1 aliphatic rings. The Balaban J connectivity index is 0.000000141. The van der Waals surface area contributed by atoms with E-state index in [1.54, 1.807) is 0 Å². The molecule has 2 aromatic heterocycles. The van der Waals surface area contributed by atoms with E-state index >= 15 is 0 Å². The number of hydrogen-bond donors (Lipinski definition) is 0. The fraction of sp³-hybridized carbons (Fsp3) is 0.0750. The van der Waals surface area contributed by atoms with Crippen molar-refractivity contribution in [2.45, 2.75) is 20.0 Å². The molecule has 45 heavy (non-hydrogen) atoms. The summed E-state index contributed by atoms with van der Waals surface area (Å²) in [5.41, 5.74) is 9.35. The summed E-state index contributed by atoms with van der Waals surface area (Å²) < 4.78 is 6.51. The number of benzene rings is 6. The zero-order chi connectivity index (χ0) is 29.8. The Morgan fingerprint density at radius 1 is 0.644 bits per heavy atom. The van der Waals surface area contributed by atoms with Crippen LogP contribution in [0, 0.1) is 31.5 Å². The topological polar surface area (TPSA) is 13.7 Å². The van der Waals surface area contributed by atoms with Gasteiger partial charge in [-0.3, -0.25) is 4.57 Å². The van der Waals surface area contributed by atoms with E-state index in [2.05, 4.69) is 149 Å². The summed E-state index contributed by atoms with van der Waals surface area (Å²) in [6.07, 6.45) is 3.44. The average molecular weight is 776 g/mol. The van der Waals surface area contributed by atoms with Crippen LogP contribution in [0.3, 0.4) is 0 Å². The standard InChI is InChI=1S/C20H15N2.C20H15NSi.Pt/c1-16-11-13-18(14-12-16)22-15-21(17-7-3-2-4-8-17)19-9-5-6-10-20(19)22;1-22(2)18-12-6-5-11-17(18)21-16-10-4-3-8-14(16)15-9-7-13-19(22)20(15)21;/h2-7,9-14H,1H3;3-9,12-13H,1-2H3;/q-1;-2;+4. The van der Waals surface area contributed by atoms with Crippen molar-refractivity contribution in [3.63, 3.8) is 0 Å². The maximum atomic E-state index is 3.50. The fourth-order valence-electron chi connectivity index (χ4n) is 6.58. The molecule has 0 atom stereocenters. The van der Waals surface area contributed by atoms with Crippen LogP contribution in [0.1, 0.15) is 5.56 Å². The van der Waals surface area contributed by atoms with Gasteiger partial charge in [-0.1, -0.05) is 84.5 Å².